The minimum absolute atomic E-state index is 0. The molecule has 0 radical (unpaired) electrons. The number of hydrogen-bond acceptors (Lipinski definition) is 8. The van der Waals surface area contributed by atoms with Gasteiger partial charge in [0.25, 0.3) is 0 Å². The summed E-state index contributed by atoms with van der Waals surface area (Å²) in [6, 6.07) is 20.6. The first kappa shape index (κ1) is 29.2. The summed E-state index contributed by atoms with van der Waals surface area (Å²) >= 11 is 1.37. The van der Waals surface area contributed by atoms with Crippen molar-refractivity contribution in [2.75, 3.05) is 0 Å². The number of ether oxygens (including phenoxy) is 2. The van der Waals surface area contributed by atoms with Gasteiger partial charge < -0.3 is 19.2 Å². The number of thiazole rings is 1. The maximum atomic E-state index is 13.3. The average molecular weight is 571 g/mol. The van der Waals surface area contributed by atoms with Crippen LogP contribution < -0.4 is 15.5 Å². The number of benzene rings is 3. The van der Waals surface area contributed by atoms with E-state index in [0.717, 1.165) is 16.8 Å². The molecule has 0 aliphatic heterocycles. The summed E-state index contributed by atoms with van der Waals surface area (Å²) in [5.41, 5.74) is 3.50. The van der Waals surface area contributed by atoms with Crippen LogP contribution in [0.25, 0.3) is 21.5 Å². The summed E-state index contributed by atoms with van der Waals surface area (Å²) < 4.78 is 16.8. The molecule has 8 nitrogen and oxygen atoms in total. The van der Waals surface area contributed by atoms with E-state index in [-0.39, 0.29) is 37.2 Å². The minimum Gasteiger partial charge on any atom is -0.463 e. The van der Waals surface area contributed by atoms with Gasteiger partial charge in [0, 0.05) is 23.6 Å². The largest absolute Gasteiger partial charge is 0.463 e. The van der Waals surface area contributed by atoms with Crippen LogP contribution in [-0.4, -0.2) is 23.1 Å². The fourth-order valence-electron chi connectivity index (χ4n) is 4.24. The second-order valence-electron chi connectivity index (χ2n) is 9.26. The first-order valence-corrected chi connectivity index (χ1v) is 13.5. The molecule has 0 spiro atoms. The average Bonchev–Trinajstić information content (AvgIpc) is 3.38. The smallest absolute Gasteiger partial charge is 0.408 e. The molecule has 5 rings (SSSR count). The van der Waals surface area contributed by atoms with Crippen LogP contribution in [-0.2, 0) is 22.6 Å². The van der Waals surface area contributed by atoms with Crippen LogP contribution in [0, 0.1) is 13.8 Å². The van der Waals surface area contributed by atoms with E-state index in [1.54, 1.807) is 13.0 Å². The van der Waals surface area contributed by atoms with Gasteiger partial charge in [-0.1, -0.05) is 68.1 Å². The van der Waals surface area contributed by atoms with Gasteiger partial charge in [-0.05, 0) is 36.6 Å². The summed E-state index contributed by atoms with van der Waals surface area (Å²) in [5.74, 6) is -0.495. The Labute approximate surface area is 241 Å². The normalized spacial score (nSPS) is 11.4. The molecular formula is C32H30N2O6S. The van der Waals surface area contributed by atoms with Crippen LogP contribution in [0.4, 0.5) is 4.79 Å². The van der Waals surface area contributed by atoms with Crippen molar-refractivity contribution in [2.45, 2.75) is 40.3 Å². The predicted octanol–water partition coefficient (Wildman–Crippen LogP) is 6.61. The Morgan fingerprint density at radius 1 is 1.00 bits per heavy atom. The number of nitrogens with zero attached hydrogens (tertiary/aromatic N) is 1. The van der Waals surface area contributed by atoms with Crippen molar-refractivity contribution >= 4 is 34.4 Å². The monoisotopic (exact) mass is 570 g/mol. The third-order valence-corrected chi connectivity index (χ3v) is 7.18. The molecule has 3 aromatic carbocycles. The summed E-state index contributed by atoms with van der Waals surface area (Å²) in [7, 11) is 0. The predicted molar refractivity (Wildman–Crippen MR) is 159 cm³/mol. The number of amides is 1. The number of hydrogen-bond donors (Lipinski definition) is 1. The van der Waals surface area contributed by atoms with Gasteiger partial charge in [0.1, 0.15) is 35.3 Å². The fourth-order valence-corrected chi connectivity index (χ4v) is 5.04. The molecule has 0 aliphatic rings. The van der Waals surface area contributed by atoms with Crippen molar-refractivity contribution in [3.05, 3.63) is 117 Å². The van der Waals surface area contributed by atoms with Crippen LogP contribution >= 0.6 is 11.3 Å². The zero-order valence-corrected chi connectivity index (χ0v) is 22.7. The van der Waals surface area contributed by atoms with Gasteiger partial charge in [-0.3, -0.25) is 4.79 Å². The van der Waals surface area contributed by atoms with Crippen LogP contribution in [0.3, 0.4) is 0 Å². The zero-order chi connectivity index (χ0) is 28.1. The quantitative estimate of drug-likeness (QED) is 0.165. The first-order valence-electron chi connectivity index (χ1n) is 12.6. The summed E-state index contributed by atoms with van der Waals surface area (Å²) in [6.45, 7) is 3.66. The molecule has 0 saturated heterocycles. The number of esters is 1. The number of alkyl carbamates (subject to hydrolysis) is 1. The number of carbonyl (C=O) groups excluding carboxylic acids is 2. The molecule has 41 heavy (non-hydrogen) atoms. The molecule has 0 saturated carbocycles. The van der Waals surface area contributed by atoms with E-state index < -0.39 is 18.1 Å². The molecule has 5 aromatic rings. The Morgan fingerprint density at radius 2 is 1.68 bits per heavy atom. The molecule has 1 amide bonds. The molecule has 0 fully saturated rings. The lowest BCUT2D eigenvalue weighted by molar-refractivity contribution is -0.136. The van der Waals surface area contributed by atoms with Gasteiger partial charge in [0.15, 0.2) is 0 Å². The number of fused-ring (bicyclic) bond motifs is 1. The molecule has 0 aliphatic carbocycles. The van der Waals surface area contributed by atoms with E-state index in [1.165, 1.54) is 23.7 Å². The molecule has 210 valence electrons. The van der Waals surface area contributed by atoms with Crippen molar-refractivity contribution in [2.24, 2.45) is 0 Å². The molecular weight excluding hydrogens is 540 g/mol. The molecule has 1 unspecified atom stereocenters. The van der Waals surface area contributed by atoms with Gasteiger partial charge >= 0.3 is 12.1 Å². The summed E-state index contributed by atoms with van der Waals surface area (Å²) in [5, 5.41) is 5.46. The maximum absolute atomic E-state index is 13.3. The van der Waals surface area contributed by atoms with Crippen LogP contribution in [0.1, 0.15) is 29.8 Å². The Kier molecular flexibility index (Phi) is 9.31. The number of aromatic nitrogens is 1. The molecule has 2 heterocycles. The summed E-state index contributed by atoms with van der Waals surface area (Å²) in [4.78, 5) is 43.5. The molecule has 0 bridgehead atoms. The first-order chi connectivity index (χ1) is 19.4. The minimum atomic E-state index is -1.02. The topological polar surface area (TPSA) is 108 Å². The highest BCUT2D eigenvalue weighted by atomic mass is 32.1. The van der Waals surface area contributed by atoms with E-state index in [0.29, 0.717) is 21.5 Å². The van der Waals surface area contributed by atoms with Crippen LogP contribution in [0.15, 0.2) is 93.7 Å². The van der Waals surface area contributed by atoms with E-state index >= 15 is 0 Å². The fraction of sp³-hybridized carbons (Fsp3) is 0.188. The lowest BCUT2D eigenvalue weighted by Crippen LogP contribution is -2.44. The molecule has 2 aromatic heterocycles. The molecule has 1 atom stereocenters. The number of carbonyl (C=O) groups is 2. The van der Waals surface area contributed by atoms with Crippen LogP contribution in [0.2, 0.25) is 0 Å². The van der Waals surface area contributed by atoms with E-state index in [2.05, 4.69) is 10.3 Å². The lowest BCUT2D eigenvalue weighted by Gasteiger charge is -2.18. The highest BCUT2D eigenvalue weighted by Crippen LogP contribution is 2.28. The maximum Gasteiger partial charge on any atom is 0.408 e. The van der Waals surface area contributed by atoms with Crippen molar-refractivity contribution in [3.63, 3.8) is 0 Å². The van der Waals surface area contributed by atoms with Gasteiger partial charge in [0.2, 0.25) is 5.43 Å². The van der Waals surface area contributed by atoms with Crippen molar-refractivity contribution < 1.29 is 23.5 Å². The van der Waals surface area contributed by atoms with E-state index in [1.807, 2.05) is 73.0 Å². The second-order valence-corrected chi connectivity index (χ2v) is 10.1. The Hall–Kier alpha value is -4.76. The highest BCUT2D eigenvalue weighted by molar-refractivity contribution is 7.13. The van der Waals surface area contributed by atoms with Crippen LogP contribution in [0.5, 0.6) is 5.75 Å². The zero-order valence-electron chi connectivity index (χ0n) is 21.9. The highest BCUT2D eigenvalue weighted by Gasteiger charge is 2.25. The second kappa shape index (κ2) is 13.1. The Morgan fingerprint density at radius 3 is 2.34 bits per heavy atom. The number of rotatable bonds is 8. The summed E-state index contributed by atoms with van der Waals surface area (Å²) in [6.07, 6.45) is 0.821. The lowest BCUT2D eigenvalue weighted by atomic mass is 10.1. The third-order valence-electron chi connectivity index (χ3n) is 6.19. The number of aryl methyl sites for hydroxylation is 2. The van der Waals surface area contributed by atoms with Crippen molar-refractivity contribution in [3.8, 4) is 16.3 Å². The van der Waals surface area contributed by atoms with Gasteiger partial charge in [-0.25, -0.2) is 14.6 Å². The standard InChI is InChI=1S/C31H26N2O6S.CH4/c1-19-13-23(15-26-27(19)28(34)24(17-37-26)29-32-20(2)18-40-29)39-30(35)25(14-21-9-5-3-6-10-21)33-31(36)38-16-22-11-7-4-8-12-22;/h3-13,15,17-18,25H,14,16H2,1-2H3,(H,33,36);1H4. The van der Waals surface area contributed by atoms with Gasteiger partial charge in [0.05, 0.1) is 10.9 Å². The number of nitrogens with one attached hydrogen (secondary N) is 1. The van der Waals surface area contributed by atoms with Gasteiger partial charge in [-0.2, -0.15) is 0 Å². The van der Waals surface area contributed by atoms with E-state index in [9.17, 15) is 14.4 Å². The molecule has 1 N–H and O–H groups in total. The Bertz CT molecular complexity index is 1710. The van der Waals surface area contributed by atoms with Gasteiger partial charge in [-0.15, -0.1) is 11.3 Å². The van der Waals surface area contributed by atoms with Crippen molar-refractivity contribution in [1.82, 2.24) is 10.3 Å². The van der Waals surface area contributed by atoms with Crippen molar-refractivity contribution in [1.29, 1.82) is 0 Å². The van der Waals surface area contributed by atoms with E-state index in [4.69, 9.17) is 13.9 Å². The third kappa shape index (κ3) is 7.06. The SMILES string of the molecule is C.Cc1csc(-c2coc3cc(OC(=O)C(Cc4ccccc4)NC(=O)OCc4ccccc4)cc(C)c3c2=O)n1. The Balaban J connectivity index is 0.00000387. The molecule has 9 heteroatoms.